The number of hydrogen-bond acceptors (Lipinski definition) is 3. The second-order valence-corrected chi connectivity index (χ2v) is 3.77. The van der Waals surface area contributed by atoms with Crippen LogP contribution in [0.1, 0.15) is 13.3 Å². The summed E-state index contributed by atoms with van der Waals surface area (Å²) >= 11 is 0. The normalized spacial score (nSPS) is 39.1. The van der Waals surface area contributed by atoms with Crippen LogP contribution in [0, 0.1) is 5.92 Å². The van der Waals surface area contributed by atoms with Gasteiger partial charge < -0.3 is 5.11 Å². The van der Waals surface area contributed by atoms with Crippen molar-refractivity contribution >= 4 is 0 Å². The first-order valence-corrected chi connectivity index (χ1v) is 4.52. The summed E-state index contributed by atoms with van der Waals surface area (Å²) in [7, 11) is 0. The zero-order valence-electron chi connectivity index (χ0n) is 7.64. The van der Waals surface area contributed by atoms with Crippen molar-refractivity contribution in [1.29, 1.82) is 0 Å². The number of aliphatic hydroxyl groups is 1. The fraction of sp³-hybridized carbons (Fsp3) is 0.600. The second kappa shape index (κ2) is 3.25. The predicted molar refractivity (Wildman–Crippen MR) is 47.8 cm³/mol. The lowest BCUT2D eigenvalue weighted by Gasteiger charge is -2.38. The van der Waals surface area contributed by atoms with Gasteiger partial charge in [0.05, 0.1) is 6.10 Å². The van der Waals surface area contributed by atoms with Gasteiger partial charge in [0.2, 0.25) is 0 Å². The highest BCUT2D eigenvalue weighted by Crippen LogP contribution is 2.33. The van der Waals surface area contributed by atoms with Crippen molar-refractivity contribution in [2.75, 3.05) is 0 Å². The number of hydrogen-bond donors (Lipinski definition) is 1. The standard InChI is InChI=1S/C10H14O3/c1-6(2)10(11)8-5-7-3-4-9(8)13-12-7/h3-4,7-11H,1,5H2,2H3/t7-,8+,9+,10?/m0/s1. The first-order chi connectivity index (χ1) is 6.18. The molecule has 1 aliphatic carbocycles. The van der Waals surface area contributed by atoms with Crippen molar-refractivity contribution in [1.82, 2.24) is 0 Å². The van der Waals surface area contributed by atoms with Gasteiger partial charge in [-0.2, -0.15) is 0 Å². The van der Waals surface area contributed by atoms with Crippen LogP contribution in [0.2, 0.25) is 0 Å². The molecule has 1 unspecified atom stereocenters. The highest BCUT2D eigenvalue weighted by Gasteiger charge is 2.38. The zero-order valence-corrected chi connectivity index (χ0v) is 7.64. The van der Waals surface area contributed by atoms with Gasteiger partial charge in [-0.1, -0.05) is 24.3 Å². The topological polar surface area (TPSA) is 38.7 Å². The van der Waals surface area contributed by atoms with Crippen molar-refractivity contribution in [2.45, 2.75) is 31.7 Å². The van der Waals surface area contributed by atoms with Crippen LogP contribution in [-0.4, -0.2) is 23.4 Å². The van der Waals surface area contributed by atoms with Gasteiger partial charge >= 0.3 is 0 Å². The molecule has 1 fully saturated rings. The van der Waals surface area contributed by atoms with Gasteiger partial charge in [-0.25, -0.2) is 9.78 Å². The lowest BCUT2D eigenvalue weighted by atomic mass is 9.83. The van der Waals surface area contributed by atoms with E-state index in [4.69, 9.17) is 9.78 Å². The summed E-state index contributed by atoms with van der Waals surface area (Å²) < 4.78 is 0. The van der Waals surface area contributed by atoms with Gasteiger partial charge in [-0.3, -0.25) is 0 Å². The minimum Gasteiger partial charge on any atom is -0.388 e. The molecule has 1 N–H and O–H groups in total. The monoisotopic (exact) mass is 182 g/mol. The lowest BCUT2D eigenvalue weighted by Crippen LogP contribution is -2.44. The van der Waals surface area contributed by atoms with Gasteiger partial charge in [0.1, 0.15) is 12.2 Å². The Morgan fingerprint density at radius 1 is 1.54 bits per heavy atom. The van der Waals surface area contributed by atoms with Crippen LogP contribution in [0.4, 0.5) is 0 Å². The quantitative estimate of drug-likeness (QED) is 0.515. The van der Waals surface area contributed by atoms with Crippen LogP contribution in [0.15, 0.2) is 24.3 Å². The van der Waals surface area contributed by atoms with Crippen LogP contribution in [0.5, 0.6) is 0 Å². The Bertz CT molecular complexity index is 247. The van der Waals surface area contributed by atoms with E-state index >= 15 is 0 Å². The third kappa shape index (κ3) is 1.55. The van der Waals surface area contributed by atoms with Gasteiger partial charge in [-0.15, -0.1) is 0 Å². The Morgan fingerprint density at radius 2 is 2.31 bits per heavy atom. The minimum absolute atomic E-state index is 0.00370. The van der Waals surface area contributed by atoms with Crippen molar-refractivity contribution in [3.63, 3.8) is 0 Å². The SMILES string of the molecule is C=C(C)C(O)[C@@H]1C[C@@H]2C=C[C@H]1OO2. The van der Waals surface area contributed by atoms with Gasteiger partial charge in [0, 0.05) is 5.92 Å². The van der Waals surface area contributed by atoms with E-state index in [9.17, 15) is 5.11 Å². The Morgan fingerprint density at radius 3 is 2.69 bits per heavy atom. The van der Waals surface area contributed by atoms with E-state index < -0.39 is 6.10 Å². The molecule has 3 rings (SSSR count). The van der Waals surface area contributed by atoms with Crippen LogP contribution in [-0.2, 0) is 9.78 Å². The molecule has 3 heteroatoms. The average molecular weight is 182 g/mol. The fourth-order valence-corrected chi connectivity index (χ4v) is 1.84. The van der Waals surface area contributed by atoms with Gasteiger partial charge in [-0.05, 0) is 13.3 Å². The second-order valence-electron chi connectivity index (χ2n) is 3.77. The molecule has 4 atom stereocenters. The fourth-order valence-electron chi connectivity index (χ4n) is 1.84. The molecule has 1 saturated heterocycles. The van der Waals surface area contributed by atoms with Crippen molar-refractivity contribution < 1.29 is 14.9 Å². The van der Waals surface area contributed by atoms with Crippen LogP contribution < -0.4 is 0 Å². The summed E-state index contributed by atoms with van der Waals surface area (Å²) in [5, 5.41) is 9.80. The zero-order chi connectivity index (χ0) is 9.42. The van der Waals surface area contributed by atoms with Crippen molar-refractivity contribution in [3.05, 3.63) is 24.3 Å². The summed E-state index contributed by atoms with van der Waals surface area (Å²) in [5.41, 5.74) is 0.787. The number of aliphatic hydroxyl groups excluding tert-OH is 1. The summed E-state index contributed by atoms with van der Waals surface area (Å²) in [4.78, 5) is 10.1. The van der Waals surface area contributed by atoms with E-state index in [-0.39, 0.29) is 18.1 Å². The summed E-state index contributed by atoms with van der Waals surface area (Å²) in [5.74, 6) is 0.0984. The maximum Gasteiger partial charge on any atom is 0.117 e. The molecule has 3 aliphatic rings. The molecule has 0 spiro atoms. The third-order valence-corrected chi connectivity index (χ3v) is 2.64. The van der Waals surface area contributed by atoms with Crippen LogP contribution >= 0.6 is 0 Å². The number of rotatable bonds is 2. The molecule has 0 radical (unpaired) electrons. The molecular formula is C10H14O3. The van der Waals surface area contributed by atoms with E-state index in [0.717, 1.165) is 12.0 Å². The Kier molecular flexibility index (Phi) is 2.24. The maximum absolute atomic E-state index is 9.80. The molecule has 2 aliphatic heterocycles. The molecule has 0 saturated carbocycles. The molecule has 72 valence electrons. The third-order valence-electron chi connectivity index (χ3n) is 2.64. The summed E-state index contributed by atoms with van der Waals surface area (Å²) in [6.45, 7) is 5.57. The highest BCUT2D eigenvalue weighted by molar-refractivity contribution is 5.12. The van der Waals surface area contributed by atoms with Crippen LogP contribution in [0.3, 0.4) is 0 Å². The van der Waals surface area contributed by atoms with Crippen LogP contribution in [0.25, 0.3) is 0 Å². The molecule has 13 heavy (non-hydrogen) atoms. The number of fused-ring (bicyclic) bond motifs is 2. The summed E-state index contributed by atoms with van der Waals surface area (Å²) in [6, 6.07) is 0. The largest absolute Gasteiger partial charge is 0.388 e. The lowest BCUT2D eigenvalue weighted by molar-refractivity contribution is -0.378. The first kappa shape index (κ1) is 8.94. The molecule has 2 heterocycles. The smallest absolute Gasteiger partial charge is 0.117 e. The molecule has 3 nitrogen and oxygen atoms in total. The molecule has 0 aromatic rings. The molecule has 0 aromatic heterocycles. The van der Waals surface area contributed by atoms with Gasteiger partial charge in [0.25, 0.3) is 0 Å². The summed E-state index contributed by atoms with van der Waals surface area (Å²) in [6.07, 6.45) is 4.15. The molecule has 0 amide bonds. The molecule has 2 bridgehead atoms. The Balaban J connectivity index is 2.10. The van der Waals surface area contributed by atoms with Crippen molar-refractivity contribution in [2.24, 2.45) is 5.92 Å². The molecular weight excluding hydrogens is 168 g/mol. The first-order valence-electron chi connectivity index (χ1n) is 4.52. The Labute approximate surface area is 77.6 Å². The maximum atomic E-state index is 9.80. The average Bonchev–Trinajstić information content (AvgIpc) is 2.18. The van der Waals surface area contributed by atoms with E-state index in [2.05, 4.69) is 6.58 Å². The highest BCUT2D eigenvalue weighted by atomic mass is 17.2. The van der Waals surface area contributed by atoms with Crippen molar-refractivity contribution in [3.8, 4) is 0 Å². The Hall–Kier alpha value is -0.640. The van der Waals surface area contributed by atoms with E-state index in [1.807, 2.05) is 19.1 Å². The van der Waals surface area contributed by atoms with E-state index in [1.54, 1.807) is 0 Å². The van der Waals surface area contributed by atoms with Gasteiger partial charge in [0.15, 0.2) is 0 Å². The minimum atomic E-state index is -0.485. The predicted octanol–water partition coefficient (Wildman–Crippen LogP) is 1.20. The van der Waals surface area contributed by atoms with E-state index in [0.29, 0.717) is 0 Å². The molecule has 0 aromatic carbocycles. The van der Waals surface area contributed by atoms with E-state index in [1.165, 1.54) is 0 Å².